The Kier molecular flexibility index (Phi) is 4.83. The lowest BCUT2D eigenvalue weighted by molar-refractivity contribution is 0.227. The number of amides is 2. The van der Waals surface area contributed by atoms with Gasteiger partial charge in [-0.3, -0.25) is 0 Å². The van der Waals surface area contributed by atoms with E-state index in [0.29, 0.717) is 0 Å². The summed E-state index contributed by atoms with van der Waals surface area (Å²) in [7, 11) is 3.20. The van der Waals surface area contributed by atoms with Crippen LogP contribution in [0, 0.1) is 0 Å². The highest BCUT2D eigenvalue weighted by atomic mass is 16.2. The van der Waals surface area contributed by atoms with Gasteiger partial charge in [-0.15, -0.1) is 0 Å². The number of hydrogen-bond acceptors (Lipinski definition) is 1. The van der Waals surface area contributed by atoms with Crippen molar-refractivity contribution in [1.82, 2.24) is 4.90 Å². The molecule has 7 heavy (non-hydrogen) atoms. The zero-order valence-corrected chi connectivity index (χ0v) is 3.93. The molecule has 0 spiro atoms. The summed E-state index contributed by atoms with van der Waals surface area (Å²) in [6, 6.07) is -0.407. The minimum Gasteiger partial charge on any atom is -0.352 e. The summed E-state index contributed by atoms with van der Waals surface area (Å²) in [4.78, 5) is 11.2. The lowest BCUT2D eigenvalue weighted by atomic mass is 10.8. The van der Waals surface area contributed by atoms with E-state index in [1.54, 1.807) is 14.1 Å². The highest BCUT2D eigenvalue weighted by molar-refractivity contribution is 5.75. The molecule has 0 heterocycles. The topological polar surface area (TPSA) is 46.3 Å². The van der Waals surface area contributed by atoms with E-state index in [2.05, 4.69) is 0 Å². The van der Waals surface area contributed by atoms with E-state index in [0.717, 1.165) is 0 Å². The van der Waals surface area contributed by atoms with Crippen molar-refractivity contribution >= 4 is 14.4 Å². The van der Waals surface area contributed by atoms with Gasteiger partial charge in [0.25, 0.3) is 0 Å². The summed E-state index contributed by atoms with van der Waals surface area (Å²) in [6.07, 6.45) is 0. The van der Waals surface area contributed by atoms with Crippen molar-refractivity contribution in [2.75, 3.05) is 14.1 Å². The van der Waals surface area contributed by atoms with Crippen LogP contribution in [0.4, 0.5) is 4.79 Å². The summed E-state index contributed by atoms with van der Waals surface area (Å²) in [6.45, 7) is 0. The number of nitrogens with two attached hydrogens (primary N) is 1. The third kappa shape index (κ3) is 5.33. The lowest BCUT2D eigenvalue weighted by Gasteiger charge is -2.01. The molecule has 0 aromatic heterocycles. The Labute approximate surface area is 45.1 Å². The lowest BCUT2D eigenvalue weighted by Crippen LogP contribution is -2.27. The molecule has 0 saturated carbocycles. The van der Waals surface area contributed by atoms with Crippen LogP contribution in [0.15, 0.2) is 0 Å². The molecule has 0 aliphatic rings. The molecule has 0 unspecified atom stereocenters. The van der Waals surface area contributed by atoms with Gasteiger partial charge in [0.1, 0.15) is 0 Å². The Morgan fingerprint density at radius 2 is 1.71 bits per heavy atom. The van der Waals surface area contributed by atoms with Crippen LogP contribution in [-0.2, 0) is 0 Å². The van der Waals surface area contributed by atoms with E-state index in [4.69, 9.17) is 5.73 Å². The first-order valence-corrected chi connectivity index (χ1v) is 1.61. The van der Waals surface area contributed by atoms with Crippen molar-refractivity contribution in [2.24, 2.45) is 5.73 Å². The molecule has 4 heteroatoms. The Hall–Kier alpha value is -0.665. The van der Waals surface area contributed by atoms with Gasteiger partial charge >= 0.3 is 6.03 Å². The van der Waals surface area contributed by atoms with E-state index in [1.165, 1.54) is 4.90 Å². The number of carbonyl (C=O) groups is 1. The van der Waals surface area contributed by atoms with Gasteiger partial charge < -0.3 is 10.6 Å². The van der Waals surface area contributed by atoms with Crippen LogP contribution < -0.4 is 5.73 Å². The fourth-order valence-electron chi connectivity index (χ4n) is 0. The second-order valence-corrected chi connectivity index (χ2v) is 1.23. The van der Waals surface area contributed by atoms with E-state index in [-0.39, 0.29) is 8.41 Å². The van der Waals surface area contributed by atoms with Gasteiger partial charge in [0, 0.05) is 14.1 Å². The molecule has 0 aliphatic heterocycles. The Morgan fingerprint density at radius 1 is 1.57 bits per heavy atom. The Bertz CT molecular complexity index is 64.0. The summed E-state index contributed by atoms with van der Waals surface area (Å²) in [5, 5.41) is 0. The average molecular weight is 102 g/mol. The molecule has 0 aliphatic carbocycles. The molecule has 0 rings (SSSR count). The molecule has 2 amide bonds. The van der Waals surface area contributed by atoms with Crippen molar-refractivity contribution < 1.29 is 4.79 Å². The number of primary amides is 1. The fraction of sp³-hybridized carbons (Fsp3) is 0.667. The van der Waals surface area contributed by atoms with Crippen LogP contribution in [0.25, 0.3) is 0 Å². The average Bonchev–Trinajstić information content (AvgIpc) is 1.36. The third-order valence-corrected chi connectivity index (χ3v) is 0.441. The molecular weight excluding hydrogens is 90.9 g/mol. The van der Waals surface area contributed by atoms with E-state index >= 15 is 0 Å². The standard InChI is InChI=1S/C3H8N2O.BH3/c1-5(2)3(4)6;/h1-2H3,(H2,4,6);1H3. The molecule has 2 N–H and O–H groups in total. The zero-order chi connectivity index (χ0) is 5.15. The quantitative estimate of drug-likeness (QED) is 0.369. The molecule has 0 aromatic rings. The van der Waals surface area contributed by atoms with Crippen molar-refractivity contribution in [1.29, 1.82) is 0 Å². The normalized spacial score (nSPS) is 6.57. The number of urea groups is 1. The van der Waals surface area contributed by atoms with Gasteiger partial charge in [-0.05, 0) is 0 Å². The van der Waals surface area contributed by atoms with Gasteiger partial charge in [0.2, 0.25) is 0 Å². The number of carbonyl (C=O) groups excluding carboxylic acids is 1. The number of nitrogens with zero attached hydrogens (tertiary/aromatic N) is 1. The van der Waals surface area contributed by atoms with Crippen LogP contribution in [-0.4, -0.2) is 33.4 Å². The van der Waals surface area contributed by atoms with Crippen LogP contribution >= 0.6 is 0 Å². The van der Waals surface area contributed by atoms with Crippen LogP contribution in [0.5, 0.6) is 0 Å². The SMILES string of the molecule is B.CN(C)C(N)=O. The molecule has 0 saturated heterocycles. The summed E-state index contributed by atoms with van der Waals surface area (Å²) < 4.78 is 0. The van der Waals surface area contributed by atoms with Crippen molar-refractivity contribution in [3.05, 3.63) is 0 Å². The van der Waals surface area contributed by atoms with Crippen molar-refractivity contribution in [3.63, 3.8) is 0 Å². The second-order valence-electron chi connectivity index (χ2n) is 1.23. The summed E-state index contributed by atoms with van der Waals surface area (Å²) >= 11 is 0. The van der Waals surface area contributed by atoms with E-state index in [1.807, 2.05) is 0 Å². The van der Waals surface area contributed by atoms with E-state index < -0.39 is 6.03 Å². The Morgan fingerprint density at radius 3 is 1.71 bits per heavy atom. The van der Waals surface area contributed by atoms with Crippen LogP contribution in [0.3, 0.4) is 0 Å². The maximum absolute atomic E-state index is 9.85. The van der Waals surface area contributed by atoms with Crippen LogP contribution in [0.1, 0.15) is 0 Å². The van der Waals surface area contributed by atoms with Gasteiger partial charge in [-0.25, -0.2) is 4.79 Å². The molecule has 3 nitrogen and oxygen atoms in total. The Balaban J connectivity index is 0. The zero-order valence-electron chi connectivity index (χ0n) is 3.93. The first-order chi connectivity index (χ1) is 2.64. The predicted octanol–water partition coefficient (Wildman–Crippen LogP) is -1.56. The highest BCUT2D eigenvalue weighted by Crippen LogP contribution is 1.65. The maximum Gasteiger partial charge on any atom is 0.314 e. The largest absolute Gasteiger partial charge is 0.352 e. The smallest absolute Gasteiger partial charge is 0.314 e. The predicted molar refractivity (Wildman–Crippen MR) is 33.2 cm³/mol. The maximum atomic E-state index is 9.85. The van der Waals surface area contributed by atoms with Gasteiger partial charge in [-0.1, -0.05) is 0 Å². The van der Waals surface area contributed by atoms with Gasteiger partial charge in [0.05, 0.1) is 8.41 Å². The van der Waals surface area contributed by atoms with Crippen LogP contribution in [0.2, 0.25) is 0 Å². The monoisotopic (exact) mass is 102 g/mol. The molecule has 0 fully saturated rings. The number of rotatable bonds is 0. The molecule has 0 radical (unpaired) electrons. The first-order valence-electron chi connectivity index (χ1n) is 1.61. The van der Waals surface area contributed by atoms with Crippen molar-refractivity contribution in [2.45, 2.75) is 0 Å². The second kappa shape index (κ2) is 3.52. The highest BCUT2D eigenvalue weighted by Gasteiger charge is 1.88. The molecule has 42 valence electrons. The van der Waals surface area contributed by atoms with Crippen molar-refractivity contribution in [3.8, 4) is 0 Å². The fourth-order valence-corrected chi connectivity index (χ4v) is 0. The van der Waals surface area contributed by atoms with E-state index in [9.17, 15) is 4.79 Å². The first kappa shape index (κ1) is 9.59. The third-order valence-electron chi connectivity index (χ3n) is 0.441. The molecule has 0 bridgehead atoms. The minimum absolute atomic E-state index is 0. The number of hydrogen-bond donors (Lipinski definition) is 1. The molecular formula is C3H11BN2O. The summed E-state index contributed by atoms with van der Waals surface area (Å²) in [5.41, 5.74) is 4.72. The minimum atomic E-state index is -0.407. The van der Waals surface area contributed by atoms with Gasteiger partial charge in [-0.2, -0.15) is 0 Å². The van der Waals surface area contributed by atoms with Gasteiger partial charge in [0.15, 0.2) is 0 Å². The molecule has 0 aromatic carbocycles. The summed E-state index contributed by atoms with van der Waals surface area (Å²) in [5.74, 6) is 0. The molecule has 0 atom stereocenters.